The van der Waals surface area contributed by atoms with Crippen molar-refractivity contribution in [1.82, 2.24) is 4.90 Å². The zero-order valence-electron chi connectivity index (χ0n) is 16.1. The molecule has 1 heterocycles. The number of allylic oxidation sites excluding steroid dienone is 2. The molecular formula is C21H29NO3S. The first-order valence-electron chi connectivity index (χ1n) is 9.31. The highest BCUT2D eigenvalue weighted by Crippen LogP contribution is 2.60. The van der Waals surface area contributed by atoms with Crippen LogP contribution in [0.4, 0.5) is 0 Å². The number of nitrogens with zero attached hydrogens (tertiary/aromatic N) is 1. The Hall–Kier alpha value is -1.62. The zero-order valence-corrected chi connectivity index (χ0v) is 16.9. The van der Waals surface area contributed by atoms with Gasteiger partial charge in [0.25, 0.3) is 0 Å². The highest BCUT2D eigenvalue weighted by molar-refractivity contribution is 7.91. The van der Waals surface area contributed by atoms with Gasteiger partial charge in [-0.1, -0.05) is 55.8 Å². The van der Waals surface area contributed by atoms with Gasteiger partial charge in [0.15, 0.2) is 9.84 Å². The summed E-state index contributed by atoms with van der Waals surface area (Å²) in [4.78, 5) is 15.3. The summed E-state index contributed by atoms with van der Waals surface area (Å²) in [5.74, 6) is 0.539. The molecule has 2 aliphatic rings. The molecule has 4 nitrogen and oxygen atoms in total. The number of carbonyl (C=O) groups is 1. The first-order chi connectivity index (χ1) is 12.1. The van der Waals surface area contributed by atoms with Gasteiger partial charge in [0.2, 0.25) is 5.91 Å². The molecule has 3 rings (SSSR count). The van der Waals surface area contributed by atoms with Crippen LogP contribution in [0, 0.1) is 17.3 Å². The van der Waals surface area contributed by atoms with Crippen molar-refractivity contribution in [3.8, 4) is 0 Å². The maximum Gasteiger partial charge on any atom is 0.227 e. The normalized spacial score (nSPS) is 28.4. The average Bonchev–Trinajstić information content (AvgIpc) is 2.89. The Kier molecular flexibility index (Phi) is 5.04. The van der Waals surface area contributed by atoms with Crippen molar-refractivity contribution in [1.29, 1.82) is 0 Å². The van der Waals surface area contributed by atoms with E-state index in [1.165, 1.54) is 5.57 Å². The van der Waals surface area contributed by atoms with E-state index in [0.29, 0.717) is 13.0 Å². The van der Waals surface area contributed by atoms with Crippen LogP contribution in [-0.2, 0) is 21.2 Å². The van der Waals surface area contributed by atoms with E-state index in [2.05, 4.69) is 33.8 Å². The second-order valence-electron chi connectivity index (χ2n) is 8.58. The van der Waals surface area contributed by atoms with Crippen LogP contribution in [-0.4, -0.2) is 36.8 Å². The summed E-state index contributed by atoms with van der Waals surface area (Å²) in [7, 11) is -3.04. The van der Waals surface area contributed by atoms with Crippen molar-refractivity contribution >= 4 is 15.7 Å². The standard InChI is InChI=1S/C21H29NO3S/c1-15(2)12-18-19(21(18,3)4)20(23)22(13-16-8-6-5-7-9-16)17-10-11-26(24,25)14-17/h5-9,12,17-19H,10-11,13-14H2,1-4H3. The van der Waals surface area contributed by atoms with Crippen LogP contribution in [0.5, 0.6) is 0 Å². The van der Waals surface area contributed by atoms with E-state index in [1.54, 1.807) is 0 Å². The Morgan fingerprint density at radius 2 is 1.88 bits per heavy atom. The zero-order chi connectivity index (χ0) is 19.1. The molecule has 3 atom stereocenters. The third-order valence-corrected chi connectivity index (χ3v) is 7.57. The molecular weight excluding hydrogens is 346 g/mol. The Morgan fingerprint density at radius 3 is 2.42 bits per heavy atom. The Bertz CT molecular complexity index is 807. The minimum atomic E-state index is -3.04. The third kappa shape index (κ3) is 3.88. The fraction of sp³-hybridized carbons (Fsp3) is 0.571. The summed E-state index contributed by atoms with van der Waals surface area (Å²) in [5.41, 5.74) is 2.19. The first kappa shape index (κ1) is 19.2. The molecule has 1 saturated carbocycles. The summed E-state index contributed by atoms with van der Waals surface area (Å²) in [5, 5.41) is 0. The number of hydrogen-bond donors (Lipinski definition) is 0. The summed E-state index contributed by atoms with van der Waals surface area (Å²) in [6.07, 6.45) is 2.73. The fourth-order valence-corrected chi connectivity index (χ4v) is 5.92. The Labute approximate surface area is 157 Å². The lowest BCUT2D eigenvalue weighted by atomic mass is 10.1. The Balaban J connectivity index is 1.86. The van der Waals surface area contributed by atoms with Crippen LogP contribution in [0.3, 0.4) is 0 Å². The predicted molar refractivity (Wildman–Crippen MR) is 104 cm³/mol. The summed E-state index contributed by atoms with van der Waals surface area (Å²) < 4.78 is 24.0. The molecule has 0 aromatic heterocycles. The van der Waals surface area contributed by atoms with Gasteiger partial charge in [-0.05, 0) is 37.2 Å². The smallest absolute Gasteiger partial charge is 0.227 e. The quantitative estimate of drug-likeness (QED) is 0.741. The summed E-state index contributed by atoms with van der Waals surface area (Å²) in [6, 6.07) is 9.64. The fourth-order valence-electron chi connectivity index (χ4n) is 4.19. The molecule has 0 radical (unpaired) electrons. The Morgan fingerprint density at radius 1 is 1.23 bits per heavy atom. The van der Waals surface area contributed by atoms with Gasteiger partial charge in [0.05, 0.1) is 17.4 Å². The van der Waals surface area contributed by atoms with E-state index in [-0.39, 0.29) is 40.7 Å². The van der Waals surface area contributed by atoms with Gasteiger partial charge in [-0.15, -0.1) is 0 Å². The highest BCUT2D eigenvalue weighted by atomic mass is 32.2. The van der Waals surface area contributed by atoms with Gasteiger partial charge < -0.3 is 4.90 Å². The molecule has 1 aromatic carbocycles. The topological polar surface area (TPSA) is 54.5 Å². The number of carbonyl (C=O) groups excluding carboxylic acids is 1. The van der Waals surface area contributed by atoms with Gasteiger partial charge in [-0.25, -0.2) is 8.42 Å². The van der Waals surface area contributed by atoms with Crippen LogP contribution >= 0.6 is 0 Å². The van der Waals surface area contributed by atoms with Crippen LogP contribution in [0.1, 0.15) is 39.7 Å². The minimum absolute atomic E-state index is 0.0654. The molecule has 1 aliphatic carbocycles. The number of hydrogen-bond acceptors (Lipinski definition) is 3. The third-order valence-electron chi connectivity index (χ3n) is 5.82. The van der Waals surface area contributed by atoms with Crippen LogP contribution in [0.15, 0.2) is 42.0 Å². The number of rotatable bonds is 5. The molecule has 3 unspecified atom stereocenters. The number of sulfone groups is 1. The lowest BCUT2D eigenvalue weighted by molar-refractivity contribution is -0.136. The molecule has 0 bridgehead atoms. The van der Waals surface area contributed by atoms with Crippen molar-refractivity contribution in [2.24, 2.45) is 17.3 Å². The molecule has 2 fully saturated rings. The van der Waals surface area contributed by atoms with Crippen molar-refractivity contribution in [3.05, 3.63) is 47.5 Å². The van der Waals surface area contributed by atoms with E-state index in [9.17, 15) is 13.2 Å². The predicted octanol–water partition coefficient (Wildman–Crippen LogP) is 3.44. The second-order valence-corrected chi connectivity index (χ2v) is 10.8. The van der Waals surface area contributed by atoms with E-state index >= 15 is 0 Å². The molecule has 5 heteroatoms. The van der Waals surface area contributed by atoms with Gasteiger partial charge in [0, 0.05) is 12.6 Å². The van der Waals surface area contributed by atoms with Crippen molar-refractivity contribution in [3.63, 3.8) is 0 Å². The van der Waals surface area contributed by atoms with Crippen LogP contribution in [0.25, 0.3) is 0 Å². The maximum atomic E-state index is 13.4. The van der Waals surface area contributed by atoms with Gasteiger partial charge >= 0.3 is 0 Å². The molecule has 1 aliphatic heterocycles. The molecule has 0 spiro atoms. The SMILES string of the molecule is CC(C)=CC1C(C(=O)N(Cc2ccccc2)C2CCS(=O)(=O)C2)C1(C)C. The largest absolute Gasteiger partial charge is 0.334 e. The summed E-state index contributed by atoms with van der Waals surface area (Å²) in [6.45, 7) is 8.86. The highest BCUT2D eigenvalue weighted by Gasteiger charge is 2.61. The van der Waals surface area contributed by atoms with Gasteiger partial charge in [-0.3, -0.25) is 4.79 Å². The first-order valence-corrected chi connectivity index (χ1v) is 11.1. The molecule has 1 amide bonds. The lowest BCUT2D eigenvalue weighted by Gasteiger charge is -2.29. The van der Waals surface area contributed by atoms with Crippen molar-refractivity contribution < 1.29 is 13.2 Å². The van der Waals surface area contributed by atoms with E-state index in [4.69, 9.17) is 0 Å². The van der Waals surface area contributed by atoms with Crippen molar-refractivity contribution in [2.75, 3.05) is 11.5 Å². The molecule has 142 valence electrons. The average molecular weight is 376 g/mol. The minimum Gasteiger partial charge on any atom is -0.334 e. The van der Waals surface area contributed by atoms with Crippen molar-refractivity contribution in [2.45, 2.75) is 46.7 Å². The monoisotopic (exact) mass is 375 g/mol. The summed E-state index contributed by atoms with van der Waals surface area (Å²) >= 11 is 0. The van der Waals surface area contributed by atoms with Gasteiger partial charge in [0.1, 0.15) is 0 Å². The van der Waals surface area contributed by atoms with E-state index in [1.807, 2.05) is 35.2 Å². The maximum absolute atomic E-state index is 13.4. The molecule has 1 saturated heterocycles. The van der Waals surface area contributed by atoms with Crippen LogP contribution in [0.2, 0.25) is 0 Å². The molecule has 1 aromatic rings. The van der Waals surface area contributed by atoms with Gasteiger partial charge in [-0.2, -0.15) is 0 Å². The van der Waals surface area contributed by atoms with E-state index < -0.39 is 9.84 Å². The molecule has 0 N–H and O–H groups in total. The second kappa shape index (κ2) is 6.84. The number of benzene rings is 1. The van der Waals surface area contributed by atoms with Crippen LogP contribution < -0.4 is 0 Å². The molecule has 26 heavy (non-hydrogen) atoms. The number of amides is 1. The lowest BCUT2D eigenvalue weighted by Crippen LogP contribution is -2.42. The van der Waals surface area contributed by atoms with E-state index in [0.717, 1.165) is 5.56 Å².